The van der Waals surface area contributed by atoms with Crippen molar-refractivity contribution in [2.75, 3.05) is 47.6 Å². The summed E-state index contributed by atoms with van der Waals surface area (Å²) in [6, 6.07) is -4.91. The lowest BCUT2D eigenvalue weighted by Crippen LogP contribution is -2.52. The number of aliphatic carboxylic acids is 6. The van der Waals surface area contributed by atoms with E-state index in [9.17, 15) is 81.5 Å². The fraction of sp³-hybridized carbons (Fsp3) is 0.736. The maximum atomic E-state index is 12.2. The summed E-state index contributed by atoms with van der Waals surface area (Å²) in [7, 11) is 0. The number of carboxylic acid groups (broad SMARTS) is 6. The predicted molar refractivity (Wildman–Crippen MR) is 431 cm³/mol. The van der Waals surface area contributed by atoms with Gasteiger partial charge in [0.15, 0.2) is 15.3 Å². The number of carbonyl (C=O) groups excluding carboxylic acids is 11. The maximum Gasteiger partial charge on any atom is 1.00 e. The second-order valence-electron chi connectivity index (χ2n) is 26.4. The van der Waals surface area contributed by atoms with Crippen LogP contribution in [0.15, 0.2) is 12.3 Å². The van der Waals surface area contributed by atoms with Gasteiger partial charge in [-0.15, -0.1) is 11.8 Å². The first-order valence-electron chi connectivity index (χ1n) is 36.8. The number of fused-ring (bicyclic) bond motifs is 1. The van der Waals surface area contributed by atoms with Crippen molar-refractivity contribution in [3.8, 4) is 0 Å². The highest BCUT2D eigenvalue weighted by Gasteiger charge is 2.42. The van der Waals surface area contributed by atoms with E-state index in [0.29, 0.717) is 138 Å². The lowest BCUT2D eigenvalue weighted by Gasteiger charge is -2.39. The monoisotopic (exact) mass is 1660 g/mol. The average molecular weight is 1660 g/mol. The molecule has 0 aromatic heterocycles. The summed E-state index contributed by atoms with van der Waals surface area (Å²) in [5.74, 6) is -4.89. The highest BCUT2D eigenvalue weighted by Crippen LogP contribution is 2.36. The van der Waals surface area contributed by atoms with Crippen molar-refractivity contribution in [3.63, 3.8) is 0 Å². The van der Waals surface area contributed by atoms with Crippen molar-refractivity contribution in [2.45, 2.75) is 252 Å². The van der Waals surface area contributed by atoms with E-state index < -0.39 is 72.1 Å². The van der Waals surface area contributed by atoms with Crippen LogP contribution in [0.4, 0.5) is 0 Å². The molecule has 0 aromatic rings. The van der Waals surface area contributed by atoms with Gasteiger partial charge in [0.1, 0.15) is 48.8 Å². The molecule has 2 saturated heterocycles. The Kier molecular flexibility index (Phi) is 63.1. The van der Waals surface area contributed by atoms with E-state index in [1.54, 1.807) is 57.5 Å². The van der Waals surface area contributed by atoms with Gasteiger partial charge in [0.05, 0.1) is 5.37 Å². The number of unbranched alkanes of at least 4 members (excludes halogenated alkanes) is 4. The first-order valence-corrected chi connectivity index (χ1v) is 42.0. The van der Waals surface area contributed by atoms with Gasteiger partial charge >= 0.3 is 38.7 Å². The largest absolute Gasteiger partial charge is 1.00 e. The van der Waals surface area contributed by atoms with Crippen molar-refractivity contribution >= 4 is 171 Å². The second-order valence-corrected chi connectivity index (χ2v) is 32.4. The molecule has 14 N–H and O–H groups in total. The number of nitrogens with two attached hydrogens (primary N) is 2. The van der Waals surface area contributed by atoms with Crippen LogP contribution in [0.5, 0.6) is 0 Å². The van der Waals surface area contributed by atoms with Crippen LogP contribution in [0, 0.1) is 35.5 Å². The predicted octanol–water partition coefficient (Wildman–Crippen LogP) is 7.40. The molecule has 7 unspecified atom stereocenters. The number of rotatable bonds is 44. The zero-order valence-corrected chi connectivity index (χ0v) is 69.5. The number of carbonyl (C=O) groups is 17. The van der Waals surface area contributed by atoms with Crippen LogP contribution in [-0.2, 0) is 81.5 Å². The van der Waals surface area contributed by atoms with E-state index in [1.807, 2.05) is 13.0 Å². The first-order chi connectivity index (χ1) is 51.3. The Bertz CT molecular complexity index is 2880. The van der Waals surface area contributed by atoms with E-state index in [-0.39, 0.29) is 114 Å². The van der Waals surface area contributed by atoms with Crippen LogP contribution in [-0.4, -0.2) is 229 Å². The summed E-state index contributed by atoms with van der Waals surface area (Å²) in [4.78, 5) is 193. The molecule has 37 heteroatoms. The molecule has 0 aromatic carbocycles. The van der Waals surface area contributed by atoms with Gasteiger partial charge in [-0.25, -0.2) is 28.8 Å². The summed E-state index contributed by atoms with van der Waals surface area (Å²) in [5, 5.41) is 64.4. The van der Waals surface area contributed by atoms with Gasteiger partial charge in [-0.05, 0) is 165 Å². The Morgan fingerprint density at radius 3 is 1.18 bits per heavy atom. The summed E-state index contributed by atoms with van der Waals surface area (Å²) >= 11 is 13.3. The van der Waals surface area contributed by atoms with Gasteiger partial charge in [-0.1, -0.05) is 82.9 Å². The van der Waals surface area contributed by atoms with Crippen LogP contribution in [0.25, 0.3) is 0 Å². The minimum absolute atomic E-state index is 0. The molecule has 2 fully saturated rings. The third kappa shape index (κ3) is 51.1. The van der Waals surface area contributed by atoms with Gasteiger partial charge in [-0.2, -0.15) is 25.3 Å². The van der Waals surface area contributed by atoms with E-state index in [1.165, 1.54) is 49.2 Å². The molecule has 0 bridgehead atoms. The minimum atomic E-state index is -1.10. The number of thiol groups is 2. The quantitative estimate of drug-likeness (QED) is 0.0160. The second kappa shape index (κ2) is 64.3. The summed E-state index contributed by atoms with van der Waals surface area (Å²) < 4.78 is 0. The highest BCUT2D eigenvalue weighted by atomic mass is 32.2. The Morgan fingerprint density at radius 2 is 0.862 bits per heavy atom. The molecule has 6 amide bonds. The van der Waals surface area contributed by atoms with E-state index in [0.717, 1.165) is 62.2 Å². The van der Waals surface area contributed by atoms with Crippen LogP contribution in [0.3, 0.4) is 0 Å². The Balaban J connectivity index is -0.000000404. The summed E-state index contributed by atoms with van der Waals surface area (Å²) in [6.45, 7) is 16.1. The van der Waals surface area contributed by atoms with Crippen LogP contribution >= 0.6 is 72.3 Å². The molecule has 3 aliphatic rings. The number of allylic oxidation sites excluding steroid dienone is 1. The fourth-order valence-corrected chi connectivity index (χ4v) is 14.6. The standard InChI is InChI=1S/C13H24N2O4S.C13H21NO5S.C13H19NO4S.C11H22N2O3S.C11H19NO4S.C11H17NO3S/c1-9(6-8-20-10(2)16)12(17)15-11(13(18)19)5-3-4-7-14;1-9(6-8-20-10(2)16)12(17)14-11(13(18)19)5-3-4-7-15;1-9(6-8-19-10(2)15)12(16)14-7-4-3-5-11(14)13(17)18;1-8(5-7-17)10(14)13-9(11(15)16)4-2-3-6-12;1-8(5-7-17)10(14)12-9(11(15)16)4-2-3-6-13;1-7-5-6-16-9-4-2-3-8(11(14)15)12(9)10(7)13/h9,11H,3-8,14H2,1-2H3,(H,15,17)(H,18,19);7,9,11H,3-6,8H2,1-2H3,(H,14,17)(H,18,19);4,7,9,11H,3,5-6,8H2,1-2H3,(H,17,18);8-9,17H,2-7,12H2,1H3,(H,13,14)(H,15,16);6,8-9,17H,2-5,7H2,1H3,(H,12,14)(H,15,16);7-9H,2-6H2,1H3,(H,14,15)/p+2/t3*9-,11?;2*8-,9?;7-,8?,9?/m000000/s1. The number of piperidine rings is 1. The number of nitrogens with one attached hydrogen (secondary N) is 4. The third-order valence-corrected chi connectivity index (χ3v) is 21.4. The van der Waals surface area contributed by atoms with Crippen molar-refractivity contribution in [3.05, 3.63) is 12.3 Å². The molecule has 31 nitrogen and oxygen atoms in total. The minimum Gasteiger partial charge on any atom is -0.480 e. The fourth-order valence-electron chi connectivity index (χ4n) is 10.1. The molecule has 0 radical (unpaired) electrons. The zero-order chi connectivity index (χ0) is 83.7. The van der Waals surface area contributed by atoms with Crippen LogP contribution < -0.4 is 32.7 Å². The van der Waals surface area contributed by atoms with Crippen molar-refractivity contribution in [2.24, 2.45) is 47.0 Å². The van der Waals surface area contributed by atoms with Gasteiger partial charge < -0.3 is 82.8 Å². The van der Waals surface area contributed by atoms with E-state index in [2.05, 4.69) is 46.5 Å². The first kappa shape index (κ1) is 107. The lowest BCUT2D eigenvalue weighted by molar-refractivity contribution is -0.154. The maximum absolute atomic E-state index is 12.2. The van der Waals surface area contributed by atoms with Gasteiger partial charge in [-0.3, -0.25) is 43.2 Å². The van der Waals surface area contributed by atoms with Gasteiger partial charge in [0, 0.05) is 92.6 Å². The number of aldehydes is 2. The summed E-state index contributed by atoms with van der Waals surface area (Å²) in [5.41, 5.74) is 10.7. The van der Waals surface area contributed by atoms with Gasteiger partial charge in [0.25, 0.3) is 0 Å². The number of amides is 6. The Hall–Kier alpha value is -6.25. The molecular weight excluding hydrogens is 1540 g/mol. The SMILES string of the molecule is CC(=O)SCC[C@H](C)C(=O)N1C=CCCC1C(=O)O.CC(=O)SCC[C@H](C)C(=O)NC(CCCC=O)C(=O)O.CC(=O)SCC[C@H](C)C(=O)NC(CCCCN)C(=O)O.C[C@@H](CCS)C(=O)NC(CCCC=O)C(=O)O.C[C@@H](CCS)C(=O)NC(CCCCN)C(=O)O.C[C@H]1CCSC2CCCC(C(=O)O)N2C1=O.[H+].[H+]. The van der Waals surface area contributed by atoms with Crippen LogP contribution in [0.2, 0.25) is 0 Å². The van der Waals surface area contributed by atoms with E-state index >= 15 is 0 Å². The number of hydrogen-bond donors (Lipinski definition) is 14. The number of hydrogen-bond acceptors (Lipinski definition) is 25. The van der Waals surface area contributed by atoms with Gasteiger partial charge in [0.2, 0.25) is 35.4 Å². The Morgan fingerprint density at radius 1 is 0.514 bits per heavy atom. The number of nitrogens with zero attached hydrogens (tertiary/aromatic N) is 2. The molecule has 3 aliphatic heterocycles. The van der Waals surface area contributed by atoms with Crippen molar-refractivity contribution in [1.82, 2.24) is 31.1 Å². The van der Waals surface area contributed by atoms with Crippen LogP contribution in [0.1, 0.15) is 213 Å². The molecule has 13 atom stereocenters. The normalized spacial score (nSPS) is 18.0. The van der Waals surface area contributed by atoms with E-state index in [4.69, 9.17) is 42.1 Å². The molecule has 3 rings (SSSR count). The zero-order valence-electron chi connectivity index (χ0n) is 66.4. The molecule has 624 valence electrons. The molecule has 0 aliphatic carbocycles. The molecule has 0 saturated carbocycles. The molecule has 109 heavy (non-hydrogen) atoms. The van der Waals surface area contributed by atoms with Crippen molar-refractivity contribution < 1.29 is 115 Å². The van der Waals surface area contributed by atoms with Crippen molar-refractivity contribution in [1.29, 1.82) is 0 Å². The average Bonchev–Trinajstić information content (AvgIpc) is 1.77. The number of thioether (sulfide) groups is 4. The molecule has 3 heterocycles. The molecule has 0 spiro atoms. The molecular formula is C72H124N8O23S6+2. The number of carboxylic acids is 6. The smallest absolute Gasteiger partial charge is 0.480 e. The lowest BCUT2D eigenvalue weighted by atomic mass is 9.98. The summed E-state index contributed by atoms with van der Waals surface area (Å²) in [6.07, 6.45) is 17.8. The topological polar surface area (TPSA) is 518 Å². The highest BCUT2D eigenvalue weighted by molar-refractivity contribution is 8.14. The Labute approximate surface area is 672 Å². The third-order valence-electron chi connectivity index (χ3n) is 17.0.